The van der Waals surface area contributed by atoms with Crippen molar-refractivity contribution in [3.63, 3.8) is 0 Å². The maximum Gasteiger partial charge on any atom is 0.375 e. The van der Waals surface area contributed by atoms with E-state index in [1.165, 1.54) is 0 Å². The minimum absolute atomic E-state index is 0.163. The van der Waals surface area contributed by atoms with Crippen LogP contribution in [0.1, 0.15) is 63.4 Å². The number of hydrogen-bond donors (Lipinski definition) is 1. The van der Waals surface area contributed by atoms with Gasteiger partial charge in [-0.3, -0.25) is 0 Å². The molecular weight excluding hydrogens is 230 g/mol. The largest absolute Gasteiger partial charge is 0.454 e. The number of rotatable bonds is 2. The van der Waals surface area contributed by atoms with Crippen LogP contribution in [0.25, 0.3) is 0 Å². The summed E-state index contributed by atoms with van der Waals surface area (Å²) in [4.78, 5) is 12.0. The number of furan rings is 1. The van der Waals surface area contributed by atoms with Gasteiger partial charge in [-0.1, -0.05) is 20.8 Å². The highest BCUT2D eigenvalue weighted by molar-refractivity contribution is 5.88. The molecule has 102 valence electrons. The molecule has 0 radical (unpaired) electrons. The van der Waals surface area contributed by atoms with Gasteiger partial charge in [0.05, 0.1) is 0 Å². The van der Waals surface area contributed by atoms with Crippen molar-refractivity contribution in [3.8, 4) is 0 Å². The van der Waals surface area contributed by atoms with Crippen molar-refractivity contribution in [2.75, 3.05) is 0 Å². The van der Waals surface area contributed by atoms with E-state index in [9.17, 15) is 4.79 Å². The molecule has 0 aliphatic carbocycles. The van der Waals surface area contributed by atoms with Gasteiger partial charge in [-0.05, 0) is 26.8 Å². The third-order valence-corrected chi connectivity index (χ3v) is 2.35. The predicted octanol–water partition coefficient (Wildman–Crippen LogP) is 2.99. The van der Waals surface area contributed by atoms with E-state index in [1.807, 2.05) is 47.6 Å². The van der Waals surface area contributed by atoms with E-state index >= 15 is 0 Å². The summed E-state index contributed by atoms with van der Waals surface area (Å²) in [7, 11) is 0. The number of carbonyl (C=O) groups is 1. The van der Waals surface area contributed by atoms with Crippen molar-refractivity contribution < 1.29 is 13.9 Å². The van der Waals surface area contributed by atoms with Crippen LogP contribution in [0.15, 0.2) is 10.5 Å². The lowest BCUT2D eigenvalue weighted by atomic mass is 9.93. The molecule has 0 spiro atoms. The Balaban J connectivity index is 3.09. The second kappa shape index (κ2) is 4.76. The number of hydrogen-bond acceptors (Lipinski definition) is 4. The second-order valence-corrected chi connectivity index (χ2v) is 6.42. The van der Waals surface area contributed by atoms with Crippen LogP contribution in [0.4, 0.5) is 0 Å². The first kappa shape index (κ1) is 14.8. The molecule has 0 aliphatic rings. The van der Waals surface area contributed by atoms with Crippen LogP contribution >= 0.6 is 0 Å². The highest BCUT2D eigenvalue weighted by Gasteiger charge is 2.27. The second-order valence-electron chi connectivity index (χ2n) is 6.42. The fourth-order valence-corrected chi connectivity index (χ4v) is 1.45. The molecule has 4 heteroatoms. The summed E-state index contributed by atoms with van der Waals surface area (Å²) in [6.45, 7) is 11.8. The summed E-state index contributed by atoms with van der Waals surface area (Å²) in [5.74, 6) is 0.500. The zero-order valence-corrected chi connectivity index (χ0v) is 12.1. The molecule has 0 saturated carbocycles. The molecule has 1 aromatic heterocycles. The Hall–Kier alpha value is -1.29. The Morgan fingerprint density at radius 1 is 1.28 bits per heavy atom. The van der Waals surface area contributed by atoms with Gasteiger partial charge in [-0.25, -0.2) is 4.79 Å². The first-order valence-electron chi connectivity index (χ1n) is 6.11. The average Bonchev–Trinajstić information content (AvgIpc) is 2.57. The SMILES string of the molecule is CC(C)(C)OC(=O)c1oc(C(C)(C)C)cc1CN. The van der Waals surface area contributed by atoms with Gasteiger partial charge < -0.3 is 14.9 Å². The predicted molar refractivity (Wildman–Crippen MR) is 70.5 cm³/mol. The maximum absolute atomic E-state index is 12.0. The number of carbonyl (C=O) groups excluding carboxylic acids is 1. The van der Waals surface area contributed by atoms with Crippen LogP contribution in [0, 0.1) is 0 Å². The number of ether oxygens (including phenoxy) is 1. The van der Waals surface area contributed by atoms with Crippen molar-refractivity contribution in [3.05, 3.63) is 23.2 Å². The quantitative estimate of drug-likeness (QED) is 0.823. The van der Waals surface area contributed by atoms with E-state index in [-0.39, 0.29) is 17.7 Å². The number of nitrogens with two attached hydrogens (primary N) is 1. The first-order valence-corrected chi connectivity index (χ1v) is 6.11. The summed E-state index contributed by atoms with van der Waals surface area (Å²) in [5, 5.41) is 0. The molecule has 0 aromatic carbocycles. The normalized spacial score (nSPS) is 12.6. The van der Waals surface area contributed by atoms with Crippen molar-refractivity contribution in [1.82, 2.24) is 0 Å². The van der Waals surface area contributed by atoms with Crippen molar-refractivity contribution in [2.24, 2.45) is 5.73 Å². The third kappa shape index (κ3) is 3.60. The average molecular weight is 253 g/mol. The highest BCUT2D eigenvalue weighted by atomic mass is 16.6. The van der Waals surface area contributed by atoms with Crippen LogP contribution in [0.3, 0.4) is 0 Å². The van der Waals surface area contributed by atoms with Crippen LogP contribution in [-0.2, 0) is 16.7 Å². The molecule has 0 atom stereocenters. The molecule has 1 heterocycles. The molecule has 4 nitrogen and oxygen atoms in total. The molecule has 0 aliphatic heterocycles. The Morgan fingerprint density at radius 3 is 2.22 bits per heavy atom. The lowest BCUT2D eigenvalue weighted by Crippen LogP contribution is -2.24. The van der Waals surface area contributed by atoms with Crippen molar-refractivity contribution in [2.45, 2.75) is 59.1 Å². The van der Waals surface area contributed by atoms with Crippen molar-refractivity contribution in [1.29, 1.82) is 0 Å². The van der Waals surface area contributed by atoms with Gasteiger partial charge in [0.1, 0.15) is 11.4 Å². The van der Waals surface area contributed by atoms with Gasteiger partial charge >= 0.3 is 5.97 Å². The van der Waals surface area contributed by atoms with Crippen LogP contribution in [0.5, 0.6) is 0 Å². The molecule has 0 saturated heterocycles. The summed E-state index contributed by atoms with van der Waals surface area (Å²) in [6.07, 6.45) is 0. The van der Waals surface area contributed by atoms with Gasteiger partial charge in [0.2, 0.25) is 5.76 Å². The molecule has 0 fully saturated rings. The smallest absolute Gasteiger partial charge is 0.375 e. The third-order valence-electron chi connectivity index (χ3n) is 2.35. The van der Waals surface area contributed by atoms with Gasteiger partial charge in [0.25, 0.3) is 0 Å². The Bertz CT molecular complexity index is 433. The molecule has 2 N–H and O–H groups in total. The fraction of sp³-hybridized carbons (Fsp3) is 0.643. The van der Waals surface area contributed by atoms with E-state index < -0.39 is 11.6 Å². The maximum atomic E-state index is 12.0. The molecule has 0 amide bonds. The van der Waals surface area contributed by atoms with E-state index in [0.29, 0.717) is 5.56 Å². The molecule has 1 rings (SSSR count). The Labute approximate surface area is 108 Å². The summed E-state index contributed by atoms with van der Waals surface area (Å²) in [6, 6.07) is 1.83. The van der Waals surface area contributed by atoms with Crippen LogP contribution in [-0.4, -0.2) is 11.6 Å². The summed E-state index contributed by atoms with van der Waals surface area (Å²) >= 11 is 0. The summed E-state index contributed by atoms with van der Waals surface area (Å²) < 4.78 is 10.9. The van der Waals surface area contributed by atoms with E-state index in [4.69, 9.17) is 14.9 Å². The number of esters is 1. The fourth-order valence-electron chi connectivity index (χ4n) is 1.45. The minimum Gasteiger partial charge on any atom is -0.454 e. The minimum atomic E-state index is -0.544. The standard InChI is InChI=1S/C14H23NO3/c1-13(2,3)10-7-9(8-15)11(17-10)12(16)18-14(4,5)6/h7H,8,15H2,1-6H3. The summed E-state index contributed by atoms with van der Waals surface area (Å²) in [5.41, 5.74) is 5.62. The first-order chi connectivity index (χ1) is 8.04. The van der Waals surface area contributed by atoms with Crippen molar-refractivity contribution >= 4 is 5.97 Å². The molecule has 1 aromatic rings. The molecule has 18 heavy (non-hydrogen) atoms. The molecule has 0 bridgehead atoms. The van der Waals surface area contributed by atoms with E-state index in [0.717, 1.165) is 5.76 Å². The topological polar surface area (TPSA) is 65.5 Å². The molecule has 0 unspecified atom stereocenters. The zero-order chi connectivity index (χ0) is 14.1. The monoisotopic (exact) mass is 253 g/mol. The van der Waals surface area contributed by atoms with E-state index in [1.54, 1.807) is 0 Å². The van der Waals surface area contributed by atoms with Gasteiger partial charge in [0.15, 0.2) is 0 Å². The highest BCUT2D eigenvalue weighted by Crippen LogP contribution is 2.28. The lowest BCUT2D eigenvalue weighted by Gasteiger charge is -2.19. The lowest BCUT2D eigenvalue weighted by molar-refractivity contribution is 0.00317. The molecular formula is C14H23NO3. The van der Waals surface area contributed by atoms with Gasteiger partial charge in [0, 0.05) is 17.5 Å². The van der Waals surface area contributed by atoms with Crippen LogP contribution < -0.4 is 5.73 Å². The Morgan fingerprint density at radius 2 is 1.83 bits per heavy atom. The van der Waals surface area contributed by atoms with E-state index in [2.05, 4.69) is 0 Å². The zero-order valence-electron chi connectivity index (χ0n) is 12.1. The van der Waals surface area contributed by atoms with Gasteiger partial charge in [-0.2, -0.15) is 0 Å². The van der Waals surface area contributed by atoms with Gasteiger partial charge in [-0.15, -0.1) is 0 Å². The Kier molecular flexibility index (Phi) is 3.91. The van der Waals surface area contributed by atoms with Crippen LogP contribution in [0.2, 0.25) is 0 Å².